The van der Waals surface area contributed by atoms with Crippen LogP contribution in [0.15, 0.2) is 41.5 Å². The predicted octanol–water partition coefficient (Wildman–Crippen LogP) is -0.839. The molecule has 1 unspecified atom stereocenters. The van der Waals surface area contributed by atoms with Gasteiger partial charge in [-0.05, 0) is 37.6 Å². The molecule has 0 saturated carbocycles. The van der Waals surface area contributed by atoms with Crippen LogP contribution in [0.2, 0.25) is 0 Å². The second-order valence-corrected chi connectivity index (χ2v) is 9.34. The minimum atomic E-state index is -0.897. The van der Waals surface area contributed by atoms with Gasteiger partial charge in [0, 0.05) is 58.2 Å². The summed E-state index contributed by atoms with van der Waals surface area (Å²) >= 11 is 0. The van der Waals surface area contributed by atoms with Gasteiger partial charge in [-0.15, -0.1) is 0 Å². The van der Waals surface area contributed by atoms with Crippen LogP contribution >= 0.6 is 0 Å². The lowest BCUT2D eigenvalue weighted by Gasteiger charge is -2.38. The highest BCUT2D eigenvalue weighted by Crippen LogP contribution is 2.19. The van der Waals surface area contributed by atoms with Gasteiger partial charge in [-0.2, -0.15) is 0 Å². The van der Waals surface area contributed by atoms with E-state index >= 15 is 0 Å². The van der Waals surface area contributed by atoms with Crippen molar-refractivity contribution in [3.8, 4) is 0 Å². The number of hydrogen-bond acceptors (Lipinski definition) is 7. The first-order valence-electron chi connectivity index (χ1n) is 11.7. The van der Waals surface area contributed by atoms with Crippen molar-refractivity contribution in [3.05, 3.63) is 42.1 Å². The molecule has 1 atom stereocenters. The Morgan fingerprint density at radius 2 is 1.77 bits per heavy atom. The minimum absolute atomic E-state index is 0.0736. The average molecular weight is 485 g/mol. The molecule has 0 spiro atoms. The molecular formula is C24H36N8O3. The molecule has 3 amide bonds. The maximum atomic E-state index is 12.4. The molecule has 2 heterocycles. The normalized spacial score (nSPS) is 18.3. The van der Waals surface area contributed by atoms with Gasteiger partial charge >= 0.3 is 0 Å². The van der Waals surface area contributed by atoms with Crippen LogP contribution in [0, 0.1) is 0 Å². The van der Waals surface area contributed by atoms with Gasteiger partial charge in [0.1, 0.15) is 11.9 Å². The summed E-state index contributed by atoms with van der Waals surface area (Å²) in [5.41, 5.74) is 12.4. The van der Waals surface area contributed by atoms with Crippen LogP contribution in [0.5, 0.6) is 0 Å². The molecule has 2 saturated heterocycles. The zero-order chi connectivity index (χ0) is 25.6. The van der Waals surface area contributed by atoms with Gasteiger partial charge in [0.25, 0.3) is 0 Å². The lowest BCUT2D eigenvalue weighted by atomic mass is 10.0. The van der Waals surface area contributed by atoms with E-state index in [1.165, 1.54) is 4.90 Å². The summed E-state index contributed by atoms with van der Waals surface area (Å²) in [6, 6.07) is 6.31. The number of carbonyl (C=O) groups excluding carboxylic acids is 3. The summed E-state index contributed by atoms with van der Waals surface area (Å²) in [7, 11) is 1.69. The molecule has 2 aliphatic heterocycles. The number of carbonyl (C=O) groups is 3. The fraction of sp³-hybridized carbons (Fsp3) is 0.500. The predicted molar refractivity (Wildman–Crippen MR) is 136 cm³/mol. The molecule has 1 aromatic rings. The number of amides is 3. The Balaban J connectivity index is 1.59. The second kappa shape index (κ2) is 11.4. The van der Waals surface area contributed by atoms with E-state index in [2.05, 4.69) is 20.5 Å². The molecule has 190 valence electrons. The second-order valence-electron chi connectivity index (χ2n) is 9.34. The van der Waals surface area contributed by atoms with Crippen molar-refractivity contribution in [3.63, 3.8) is 0 Å². The molecule has 2 fully saturated rings. The quantitative estimate of drug-likeness (QED) is 0.213. The fourth-order valence-corrected chi connectivity index (χ4v) is 3.88. The van der Waals surface area contributed by atoms with Crippen LogP contribution in [0.4, 0.5) is 5.69 Å². The van der Waals surface area contributed by atoms with E-state index in [0.717, 1.165) is 13.1 Å². The topological polar surface area (TPSA) is 149 Å². The van der Waals surface area contributed by atoms with E-state index in [4.69, 9.17) is 11.5 Å². The largest absolute Gasteiger partial charge is 0.353 e. The van der Waals surface area contributed by atoms with Crippen LogP contribution in [-0.2, 0) is 14.4 Å². The molecule has 3 rings (SSSR count). The monoisotopic (exact) mass is 484 g/mol. The number of nitrogens with one attached hydrogen (secondary N) is 2. The maximum Gasteiger partial charge on any atom is 0.242 e. The zero-order valence-corrected chi connectivity index (χ0v) is 20.6. The maximum absolute atomic E-state index is 12.4. The van der Waals surface area contributed by atoms with Crippen molar-refractivity contribution in [2.24, 2.45) is 16.5 Å². The van der Waals surface area contributed by atoms with Crippen LogP contribution in [0.25, 0.3) is 0 Å². The van der Waals surface area contributed by atoms with Gasteiger partial charge in [0.05, 0.1) is 11.6 Å². The van der Waals surface area contributed by atoms with E-state index in [9.17, 15) is 14.4 Å². The first-order valence-corrected chi connectivity index (χ1v) is 11.7. The van der Waals surface area contributed by atoms with Crippen molar-refractivity contribution < 1.29 is 14.4 Å². The van der Waals surface area contributed by atoms with E-state index in [0.29, 0.717) is 49.7 Å². The fourth-order valence-electron chi connectivity index (χ4n) is 3.88. The molecule has 2 aliphatic rings. The van der Waals surface area contributed by atoms with Crippen molar-refractivity contribution in [2.45, 2.75) is 31.5 Å². The third kappa shape index (κ3) is 6.65. The van der Waals surface area contributed by atoms with Crippen LogP contribution < -0.4 is 27.0 Å². The number of anilines is 1. The number of nitrogens with two attached hydrogens (primary N) is 2. The van der Waals surface area contributed by atoms with Crippen molar-refractivity contribution >= 4 is 29.7 Å². The standard InChI is InChI=1S/C24H36N8O3/c1-24(2,26)23(35)31-12-10-30(11-13-31)20(27-3)8-9-32(16-33)19-6-4-17(5-7-19)21(25)22(34)29-18-14-28-15-18/h4-9,16,18,21,28H,10-15,25-26H2,1-3H3,(H,29,34)/b9-8-,27-20?. The van der Waals surface area contributed by atoms with Gasteiger partial charge in [0.15, 0.2) is 0 Å². The number of benzene rings is 1. The molecule has 35 heavy (non-hydrogen) atoms. The van der Waals surface area contributed by atoms with Gasteiger partial charge in [-0.3, -0.25) is 24.3 Å². The number of nitrogens with zero attached hydrogens (tertiary/aromatic N) is 4. The Morgan fingerprint density at radius 1 is 1.17 bits per heavy atom. The van der Waals surface area contributed by atoms with E-state index in [-0.39, 0.29) is 17.9 Å². The summed E-state index contributed by atoms with van der Waals surface area (Å²) in [5, 5.41) is 6.00. The molecular weight excluding hydrogens is 448 g/mol. The Hall–Kier alpha value is -3.28. The third-order valence-electron chi connectivity index (χ3n) is 6.13. The van der Waals surface area contributed by atoms with Crippen LogP contribution in [-0.4, -0.2) is 91.8 Å². The lowest BCUT2D eigenvalue weighted by molar-refractivity contribution is -0.137. The number of hydrogen-bond donors (Lipinski definition) is 4. The highest BCUT2D eigenvalue weighted by Gasteiger charge is 2.30. The Bertz CT molecular complexity index is 958. The first kappa shape index (κ1) is 26.3. The van der Waals surface area contributed by atoms with Gasteiger partial charge in [0.2, 0.25) is 18.2 Å². The highest BCUT2D eigenvalue weighted by molar-refractivity contribution is 5.94. The first-order chi connectivity index (χ1) is 16.6. The highest BCUT2D eigenvalue weighted by atomic mass is 16.2. The molecule has 11 nitrogen and oxygen atoms in total. The molecule has 0 aromatic heterocycles. The van der Waals surface area contributed by atoms with Gasteiger partial charge < -0.3 is 31.9 Å². The van der Waals surface area contributed by atoms with Gasteiger partial charge in [-0.25, -0.2) is 0 Å². The smallest absolute Gasteiger partial charge is 0.242 e. The third-order valence-corrected chi connectivity index (χ3v) is 6.13. The van der Waals surface area contributed by atoms with E-state index in [1.807, 2.05) is 0 Å². The number of rotatable bonds is 8. The average Bonchev–Trinajstić information content (AvgIpc) is 2.83. The molecule has 0 radical (unpaired) electrons. The number of aliphatic imine (C=N–C) groups is 1. The van der Waals surface area contributed by atoms with Gasteiger partial charge in [-0.1, -0.05) is 12.1 Å². The Kier molecular flexibility index (Phi) is 8.60. The van der Waals surface area contributed by atoms with Crippen molar-refractivity contribution in [1.82, 2.24) is 20.4 Å². The minimum Gasteiger partial charge on any atom is -0.353 e. The SMILES string of the molecule is CN=C(/C=C\N(C=O)c1ccc(C(N)C(=O)NC2CNC2)cc1)N1CCN(C(=O)C(C)(C)N)CC1. The van der Waals surface area contributed by atoms with E-state index in [1.54, 1.807) is 62.3 Å². The Labute approximate surface area is 206 Å². The van der Waals surface area contributed by atoms with Crippen molar-refractivity contribution in [2.75, 3.05) is 51.2 Å². The summed E-state index contributed by atoms with van der Waals surface area (Å²) < 4.78 is 0. The molecule has 0 aliphatic carbocycles. The molecule has 11 heteroatoms. The summed E-state index contributed by atoms with van der Waals surface area (Å²) in [5.74, 6) is 0.407. The molecule has 1 aromatic carbocycles. The summed E-state index contributed by atoms with van der Waals surface area (Å²) in [4.78, 5) is 46.1. The lowest BCUT2D eigenvalue weighted by Crippen LogP contribution is -2.58. The van der Waals surface area contributed by atoms with Crippen LogP contribution in [0.3, 0.4) is 0 Å². The molecule has 0 bridgehead atoms. The molecule has 6 N–H and O–H groups in total. The van der Waals surface area contributed by atoms with E-state index < -0.39 is 11.6 Å². The number of piperazine rings is 1. The summed E-state index contributed by atoms with van der Waals surface area (Å²) in [6.45, 7) is 7.25. The number of amidine groups is 1. The van der Waals surface area contributed by atoms with Crippen LogP contribution in [0.1, 0.15) is 25.5 Å². The van der Waals surface area contributed by atoms with Crippen molar-refractivity contribution in [1.29, 1.82) is 0 Å². The Morgan fingerprint density at radius 3 is 2.26 bits per heavy atom. The zero-order valence-electron chi connectivity index (χ0n) is 20.6. The summed E-state index contributed by atoms with van der Waals surface area (Å²) in [6.07, 6.45) is 4.11.